The lowest BCUT2D eigenvalue weighted by Crippen LogP contribution is -2.58. The maximum absolute atomic E-state index is 13.3. The van der Waals surface area contributed by atoms with Crippen LogP contribution in [0.15, 0.2) is 30.3 Å². The zero-order valence-electron chi connectivity index (χ0n) is 18.4. The Morgan fingerprint density at radius 2 is 1.84 bits per heavy atom. The highest BCUT2D eigenvalue weighted by molar-refractivity contribution is 5.88. The maximum atomic E-state index is 13.3. The van der Waals surface area contributed by atoms with Crippen molar-refractivity contribution in [2.75, 3.05) is 13.1 Å². The average Bonchev–Trinajstić information content (AvgIpc) is 3.15. The predicted octanol–water partition coefficient (Wildman–Crippen LogP) is 0.973. The van der Waals surface area contributed by atoms with Crippen LogP contribution in [0.4, 0.5) is 0 Å². The zero-order chi connectivity index (χ0) is 23.4. The van der Waals surface area contributed by atoms with Gasteiger partial charge in [-0.3, -0.25) is 19.7 Å². The summed E-state index contributed by atoms with van der Waals surface area (Å²) in [5.41, 5.74) is 0.999. The molecule has 5 atom stereocenters. The topological polar surface area (TPSA) is 127 Å². The Kier molecular flexibility index (Phi) is 7.50. The summed E-state index contributed by atoms with van der Waals surface area (Å²) in [7, 11) is 0. The van der Waals surface area contributed by atoms with Crippen molar-refractivity contribution in [3.05, 3.63) is 35.9 Å². The van der Waals surface area contributed by atoms with Gasteiger partial charge in [0.25, 0.3) is 0 Å². The van der Waals surface area contributed by atoms with E-state index in [0.29, 0.717) is 38.8 Å². The number of hydrogen-bond donors (Lipinski definition) is 3. The minimum Gasteiger partial charge on any atom is -0.480 e. The zero-order valence-corrected chi connectivity index (χ0v) is 18.4. The third-order valence-electron chi connectivity index (χ3n) is 6.61. The van der Waals surface area contributed by atoms with Crippen LogP contribution in [0, 0.1) is 5.92 Å². The molecule has 9 heteroatoms. The second kappa shape index (κ2) is 10.1. The molecule has 0 aromatic heterocycles. The van der Waals surface area contributed by atoms with Gasteiger partial charge in [0, 0.05) is 20.0 Å². The number of benzene rings is 1. The van der Waals surface area contributed by atoms with E-state index in [1.54, 1.807) is 11.8 Å². The van der Waals surface area contributed by atoms with Gasteiger partial charge in [-0.2, -0.15) is 0 Å². The van der Waals surface area contributed by atoms with Crippen molar-refractivity contribution < 1.29 is 29.4 Å². The van der Waals surface area contributed by atoms with Crippen LogP contribution in [0.3, 0.4) is 0 Å². The summed E-state index contributed by atoms with van der Waals surface area (Å²) in [6, 6.07) is 6.32. The summed E-state index contributed by atoms with van der Waals surface area (Å²) >= 11 is 0. The molecule has 3 N–H and O–H groups in total. The monoisotopic (exact) mass is 445 g/mol. The van der Waals surface area contributed by atoms with E-state index >= 15 is 0 Å². The molecule has 174 valence electrons. The van der Waals surface area contributed by atoms with Crippen LogP contribution >= 0.6 is 0 Å². The van der Waals surface area contributed by atoms with Gasteiger partial charge in [0.1, 0.15) is 12.1 Å². The van der Waals surface area contributed by atoms with Crippen molar-refractivity contribution in [1.29, 1.82) is 0 Å². The molecule has 1 aromatic rings. The molecular formula is C23H31N3O6. The minimum atomic E-state index is -1.08. The minimum absolute atomic E-state index is 0.0104. The lowest BCUT2D eigenvalue weighted by molar-refractivity contribution is -0.152. The lowest BCUT2D eigenvalue weighted by atomic mass is 9.91. The van der Waals surface area contributed by atoms with E-state index in [4.69, 9.17) is 0 Å². The molecular weight excluding hydrogens is 414 g/mol. The molecule has 0 bridgehead atoms. The molecule has 32 heavy (non-hydrogen) atoms. The van der Waals surface area contributed by atoms with Crippen molar-refractivity contribution in [2.45, 2.75) is 63.7 Å². The van der Waals surface area contributed by atoms with E-state index in [1.807, 2.05) is 30.3 Å². The summed E-state index contributed by atoms with van der Waals surface area (Å²) in [6.07, 6.45) is 1.82. The lowest BCUT2D eigenvalue weighted by Gasteiger charge is -2.39. The third-order valence-corrected chi connectivity index (χ3v) is 6.61. The van der Waals surface area contributed by atoms with Crippen molar-refractivity contribution >= 4 is 23.8 Å². The standard InChI is InChI=1S/C23H31N3O6/c1-14(24-18(22(29)30)9-8-16-6-4-3-5-7-16)21(28)26-19(23(31)32)12-17-10-11-25(15(2)27)13-20(17)26/h3-7,14,17-20,24H,8-13H2,1-2H3,(H,29,30)(H,31,32)/t14-,17-,18-,19+,20+/m1/s1. The molecule has 2 aliphatic rings. The molecule has 2 heterocycles. The van der Waals surface area contributed by atoms with E-state index < -0.39 is 36.0 Å². The van der Waals surface area contributed by atoms with Crippen LogP contribution in [0.1, 0.15) is 38.7 Å². The summed E-state index contributed by atoms with van der Waals surface area (Å²) in [6.45, 7) is 3.89. The average molecular weight is 446 g/mol. The number of rotatable bonds is 8. The fourth-order valence-electron chi connectivity index (χ4n) is 4.85. The molecule has 0 unspecified atom stereocenters. The third kappa shape index (κ3) is 5.27. The summed E-state index contributed by atoms with van der Waals surface area (Å²) in [5.74, 6) is -2.67. The van der Waals surface area contributed by atoms with Gasteiger partial charge in [-0.25, -0.2) is 4.79 Å². The van der Waals surface area contributed by atoms with Crippen LogP contribution in [-0.4, -0.2) is 81.0 Å². The van der Waals surface area contributed by atoms with Gasteiger partial charge in [-0.05, 0) is 44.1 Å². The highest BCUT2D eigenvalue weighted by Gasteiger charge is 2.50. The van der Waals surface area contributed by atoms with Gasteiger partial charge < -0.3 is 20.0 Å². The molecule has 2 fully saturated rings. The quantitative estimate of drug-likeness (QED) is 0.544. The number of fused-ring (bicyclic) bond motifs is 1. The molecule has 0 aliphatic carbocycles. The number of carboxylic acid groups (broad SMARTS) is 2. The number of hydrogen-bond acceptors (Lipinski definition) is 5. The van der Waals surface area contributed by atoms with Gasteiger partial charge >= 0.3 is 11.9 Å². The Morgan fingerprint density at radius 3 is 2.44 bits per heavy atom. The number of carboxylic acids is 2. The Balaban J connectivity index is 1.71. The Morgan fingerprint density at radius 1 is 1.16 bits per heavy atom. The highest BCUT2D eigenvalue weighted by Crippen LogP contribution is 2.36. The number of likely N-dealkylation sites (tertiary alicyclic amines) is 2. The van der Waals surface area contributed by atoms with Crippen LogP contribution < -0.4 is 5.32 Å². The van der Waals surface area contributed by atoms with Crippen molar-refractivity contribution in [2.24, 2.45) is 5.92 Å². The molecule has 2 saturated heterocycles. The van der Waals surface area contributed by atoms with E-state index in [9.17, 15) is 29.4 Å². The molecule has 2 amide bonds. The van der Waals surface area contributed by atoms with Crippen molar-refractivity contribution in [3.8, 4) is 0 Å². The Hall–Kier alpha value is -2.94. The fraction of sp³-hybridized carbons (Fsp3) is 0.565. The van der Waals surface area contributed by atoms with E-state index in [-0.39, 0.29) is 17.9 Å². The molecule has 3 rings (SSSR count). The smallest absolute Gasteiger partial charge is 0.326 e. The van der Waals surface area contributed by atoms with Crippen molar-refractivity contribution in [3.63, 3.8) is 0 Å². The first-order chi connectivity index (χ1) is 15.2. The number of nitrogens with zero attached hydrogens (tertiary/aromatic N) is 2. The number of aliphatic carboxylic acids is 2. The second-order valence-corrected chi connectivity index (χ2v) is 8.72. The van der Waals surface area contributed by atoms with Gasteiger partial charge in [-0.1, -0.05) is 30.3 Å². The summed E-state index contributed by atoms with van der Waals surface area (Å²) in [5, 5.41) is 22.3. The number of piperidine rings is 1. The normalized spacial score (nSPS) is 24.5. The number of carbonyl (C=O) groups excluding carboxylic acids is 2. The largest absolute Gasteiger partial charge is 0.480 e. The van der Waals surface area contributed by atoms with E-state index in [0.717, 1.165) is 5.56 Å². The van der Waals surface area contributed by atoms with Gasteiger partial charge in [-0.15, -0.1) is 0 Å². The first kappa shape index (κ1) is 23.7. The van der Waals surface area contributed by atoms with Gasteiger partial charge in [0.15, 0.2) is 0 Å². The molecule has 1 aromatic carbocycles. The molecule has 0 saturated carbocycles. The highest BCUT2D eigenvalue weighted by atomic mass is 16.4. The number of nitrogens with one attached hydrogen (secondary N) is 1. The van der Waals surface area contributed by atoms with Gasteiger partial charge in [0.05, 0.1) is 12.1 Å². The second-order valence-electron chi connectivity index (χ2n) is 8.72. The number of amides is 2. The van der Waals surface area contributed by atoms with E-state index in [2.05, 4.69) is 5.32 Å². The van der Waals surface area contributed by atoms with E-state index in [1.165, 1.54) is 11.8 Å². The molecule has 0 spiro atoms. The number of aryl methyl sites for hydroxylation is 1. The Labute approximate surface area is 187 Å². The first-order valence-electron chi connectivity index (χ1n) is 11.0. The maximum Gasteiger partial charge on any atom is 0.326 e. The Bertz CT molecular complexity index is 861. The predicted molar refractivity (Wildman–Crippen MR) is 116 cm³/mol. The molecule has 0 radical (unpaired) electrons. The van der Waals surface area contributed by atoms with Crippen LogP contribution in [0.2, 0.25) is 0 Å². The molecule has 2 aliphatic heterocycles. The van der Waals surface area contributed by atoms with Crippen molar-refractivity contribution in [1.82, 2.24) is 15.1 Å². The van der Waals surface area contributed by atoms with Crippen LogP contribution in [0.5, 0.6) is 0 Å². The van der Waals surface area contributed by atoms with Crippen LogP contribution in [-0.2, 0) is 25.6 Å². The fourth-order valence-corrected chi connectivity index (χ4v) is 4.85. The summed E-state index contributed by atoms with van der Waals surface area (Å²) in [4.78, 5) is 51.9. The van der Waals surface area contributed by atoms with Crippen LogP contribution in [0.25, 0.3) is 0 Å². The SMILES string of the molecule is CC(=O)N1CC[C@@H]2C[C@@H](C(=O)O)N(C(=O)[C@@H](C)N[C@H](CCc3ccccc3)C(=O)O)[C@H]2C1. The number of carbonyl (C=O) groups is 4. The summed E-state index contributed by atoms with van der Waals surface area (Å²) < 4.78 is 0. The van der Waals surface area contributed by atoms with Gasteiger partial charge in [0.2, 0.25) is 11.8 Å². The first-order valence-corrected chi connectivity index (χ1v) is 11.0. The molecule has 9 nitrogen and oxygen atoms in total.